The molecule has 2 atom stereocenters. The molecule has 0 fully saturated rings. The van der Waals surface area contributed by atoms with Crippen molar-refractivity contribution in [1.29, 1.82) is 0 Å². The van der Waals surface area contributed by atoms with Gasteiger partial charge in [0.15, 0.2) is 0 Å². The molecule has 4 heteroatoms. The maximum Gasteiger partial charge on any atom is 0.220 e. The SMILES string of the molecule is CC/C=C\C/C=C\C/C=C\C/C=C\C/C=C\C/C=C\C/C=C\C/C=C\CCCCCCCCC(=O)NC(CO)C(O)CCCCCCCCCCCCCCCCCCCCCCCCCCCCC. The van der Waals surface area contributed by atoms with E-state index in [1.807, 2.05) is 0 Å². The number of rotatable bonds is 55. The van der Waals surface area contributed by atoms with Crippen LogP contribution in [0.25, 0.3) is 0 Å². The molecule has 0 saturated heterocycles. The lowest BCUT2D eigenvalue weighted by Gasteiger charge is -2.22. The van der Waals surface area contributed by atoms with E-state index >= 15 is 0 Å². The molecule has 2 unspecified atom stereocenters. The molecule has 70 heavy (non-hydrogen) atoms. The number of carbonyl (C=O) groups excluding carboxylic acids is 1. The second-order valence-corrected chi connectivity index (χ2v) is 20.4. The van der Waals surface area contributed by atoms with Crippen molar-refractivity contribution >= 4 is 5.91 Å². The lowest BCUT2D eigenvalue weighted by Crippen LogP contribution is -2.45. The molecular weight excluding hydrogens is 855 g/mol. The van der Waals surface area contributed by atoms with E-state index in [9.17, 15) is 15.0 Å². The predicted octanol–water partition coefficient (Wildman–Crippen LogP) is 20.5. The van der Waals surface area contributed by atoms with Gasteiger partial charge in [0.25, 0.3) is 0 Å². The highest BCUT2D eigenvalue weighted by Gasteiger charge is 2.20. The Labute approximate surface area is 436 Å². The van der Waals surface area contributed by atoms with Gasteiger partial charge in [-0.1, -0.05) is 310 Å². The van der Waals surface area contributed by atoms with E-state index < -0.39 is 12.1 Å². The zero-order valence-electron chi connectivity index (χ0n) is 46.5. The van der Waals surface area contributed by atoms with Crippen LogP contribution in [0.3, 0.4) is 0 Å². The van der Waals surface area contributed by atoms with Gasteiger partial charge in [0.2, 0.25) is 5.91 Å². The molecule has 0 bridgehead atoms. The van der Waals surface area contributed by atoms with E-state index in [0.29, 0.717) is 12.8 Å². The van der Waals surface area contributed by atoms with Crippen molar-refractivity contribution in [3.05, 3.63) is 97.2 Å². The summed E-state index contributed by atoms with van der Waals surface area (Å²) in [7, 11) is 0. The molecule has 0 spiro atoms. The van der Waals surface area contributed by atoms with Crippen molar-refractivity contribution in [2.75, 3.05) is 6.61 Å². The van der Waals surface area contributed by atoms with Crippen LogP contribution < -0.4 is 5.32 Å². The zero-order chi connectivity index (χ0) is 50.6. The van der Waals surface area contributed by atoms with Crippen LogP contribution in [0.4, 0.5) is 0 Å². The Kier molecular flexibility index (Phi) is 58.3. The molecular formula is C66H117NO3. The fourth-order valence-electron chi connectivity index (χ4n) is 9.03. The van der Waals surface area contributed by atoms with E-state index in [0.717, 1.165) is 89.9 Å². The first kappa shape index (κ1) is 67.3. The number of aliphatic hydroxyl groups is 2. The first-order chi connectivity index (χ1) is 34.7. The van der Waals surface area contributed by atoms with Crippen molar-refractivity contribution in [3.63, 3.8) is 0 Å². The first-order valence-corrected chi connectivity index (χ1v) is 30.4. The highest BCUT2D eigenvalue weighted by Crippen LogP contribution is 2.17. The Bertz CT molecular complexity index is 1290. The van der Waals surface area contributed by atoms with Crippen LogP contribution >= 0.6 is 0 Å². The average molecular weight is 973 g/mol. The molecule has 0 aromatic carbocycles. The van der Waals surface area contributed by atoms with Crippen LogP contribution in [0, 0.1) is 0 Å². The van der Waals surface area contributed by atoms with E-state index in [1.165, 1.54) is 180 Å². The molecule has 4 nitrogen and oxygen atoms in total. The fourth-order valence-corrected chi connectivity index (χ4v) is 9.03. The van der Waals surface area contributed by atoms with Crippen molar-refractivity contribution in [3.8, 4) is 0 Å². The van der Waals surface area contributed by atoms with Gasteiger partial charge in [0.05, 0.1) is 18.8 Å². The molecule has 0 aliphatic heterocycles. The number of hydrogen-bond donors (Lipinski definition) is 3. The minimum absolute atomic E-state index is 0.0464. The maximum atomic E-state index is 12.5. The van der Waals surface area contributed by atoms with Crippen molar-refractivity contribution < 1.29 is 15.0 Å². The molecule has 0 saturated carbocycles. The molecule has 0 radical (unpaired) electrons. The van der Waals surface area contributed by atoms with Gasteiger partial charge >= 0.3 is 0 Å². The number of hydrogen-bond acceptors (Lipinski definition) is 3. The zero-order valence-corrected chi connectivity index (χ0v) is 46.5. The third kappa shape index (κ3) is 56.2. The summed E-state index contributed by atoms with van der Waals surface area (Å²) in [6.45, 7) is 4.26. The van der Waals surface area contributed by atoms with Crippen molar-refractivity contribution in [2.24, 2.45) is 0 Å². The lowest BCUT2D eigenvalue weighted by molar-refractivity contribution is -0.123. The number of amides is 1. The fraction of sp³-hybridized carbons (Fsp3) is 0.742. The lowest BCUT2D eigenvalue weighted by atomic mass is 10.0. The van der Waals surface area contributed by atoms with E-state index in [2.05, 4.69) is 116 Å². The van der Waals surface area contributed by atoms with Gasteiger partial charge in [-0.15, -0.1) is 0 Å². The third-order valence-corrected chi connectivity index (χ3v) is 13.6. The molecule has 0 aliphatic rings. The molecule has 0 aromatic rings. The minimum atomic E-state index is -0.674. The number of nitrogens with one attached hydrogen (secondary N) is 1. The summed E-state index contributed by atoms with van der Waals surface area (Å²) in [6.07, 6.45) is 89.8. The van der Waals surface area contributed by atoms with Crippen molar-refractivity contribution in [1.82, 2.24) is 5.32 Å². The summed E-state index contributed by atoms with van der Waals surface area (Å²) in [5.41, 5.74) is 0. The molecule has 404 valence electrons. The van der Waals surface area contributed by atoms with Gasteiger partial charge in [0, 0.05) is 6.42 Å². The van der Waals surface area contributed by atoms with E-state index in [-0.39, 0.29) is 12.5 Å². The predicted molar refractivity (Wildman–Crippen MR) is 313 cm³/mol. The molecule has 0 aromatic heterocycles. The number of allylic oxidation sites excluding steroid dienone is 16. The molecule has 3 N–H and O–H groups in total. The van der Waals surface area contributed by atoms with E-state index in [4.69, 9.17) is 0 Å². The summed E-state index contributed by atoms with van der Waals surface area (Å²) in [5, 5.41) is 23.4. The Morgan fingerprint density at radius 1 is 0.357 bits per heavy atom. The van der Waals surface area contributed by atoms with Gasteiger partial charge in [-0.05, 0) is 77.0 Å². The van der Waals surface area contributed by atoms with Crippen LogP contribution in [0.15, 0.2) is 97.2 Å². The first-order valence-electron chi connectivity index (χ1n) is 30.4. The van der Waals surface area contributed by atoms with Gasteiger partial charge in [-0.2, -0.15) is 0 Å². The van der Waals surface area contributed by atoms with Crippen LogP contribution in [0.1, 0.15) is 296 Å². The molecule has 0 aliphatic carbocycles. The largest absolute Gasteiger partial charge is 0.394 e. The smallest absolute Gasteiger partial charge is 0.220 e. The van der Waals surface area contributed by atoms with Gasteiger partial charge in [-0.25, -0.2) is 0 Å². The van der Waals surface area contributed by atoms with Crippen LogP contribution in [0.5, 0.6) is 0 Å². The normalized spacial score (nSPS) is 13.5. The van der Waals surface area contributed by atoms with Crippen LogP contribution in [-0.4, -0.2) is 34.9 Å². The maximum absolute atomic E-state index is 12.5. The molecule has 1 amide bonds. The summed E-state index contributed by atoms with van der Waals surface area (Å²) >= 11 is 0. The van der Waals surface area contributed by atoms with Crippen LogP contribution in [-0.2, 0) is 4.79 Å². The number of aliphatic hydroxyl groups excluding tert-OH is 2. The Morgan fingerprint density at radius 2 is 0.629 bits per heavy atom. The Morgan fingerprint density at radius 3 is 0.943 bits per heavy atom. The van der Waals surface area contributed by atoms with Crippen LogP contribution in [0.2, 0.25) is 0 Å². The Balaban J connectivity index is 3.55. The summed E-state index contributed by atoms with van der Waals surface area (Å²) in [6, 6.07) is -0.553. The second-order valence-electron chi connectivity index (χ2n) is 20.4. The number of unbranched alkanes of at least 4 members (excludes halogenated alkanes) is 32. The summed E-state index contributed by atoms with van der Waals surface area (Å²) in [5.74, 6) is -0.0464. The third-order valence-electron chi connectivity index (χ3n) is 13.6. The standard InChI is InChI=1S/C66H117NO3/c1-3-5-7-9-11-13-15-17-19-21-23-25-27-29-31-32-33-34-36-38-40-42-44-46-48-50-52-54-56-58-60-62-66(70)67-64(63-68)65(69)61-59-57-55-53-51-49-47-45-43-41-39-37-35-30-28-26-24-22-20-18-16-14-12-10-8-6-4-2/h5,7,11,13,17,19,23,25,29,31,33-34,38,40,44,46,64-65,68-69H,3-4,6,8-10,12,14-16,18,20-22,24,26-28,30,32,35-37,39,41-43,45,47-63H2,1-2H3,(H,67,70)/b7-5-,13-11-,19-17-,25-23-,31-29-,34-33-,40-38-,46-44-. The molecule has 0 rings (SSSR count). The monoisotopic (exact) mass is 972 g/mol. The minimum Gasteiger partial charge on any atom is -0.394 e. The average Bonchev–Trinajstić information content (AvgIpc) is 3.36. The Hall–Kier alpha value is -2.69. The summed E-state index contributed by atoms with van der Waals surface area (Å²) in [4.78, 5) is 12.5. The van der Waals surface area contributed by atoms with E-state index in [1.54, 1.807) is 0 Å². The second kappa shape index (κ2) is 60.6. The number of carbonyl (C=O) groups is 1. The van der Waals surface area contributed by atoms with Crippen molar-refractivity contribution in [2.45, 2.75) is 309 Å². The van der Waals surface area contributed by atoms with Gasteiger partial charge < -0.3 is 15.5 Å². The highest BCUT2D eigenvalue weighted by molar-refractivity contribution is 5.76. The van der Waals surface area contributed by atoms with Gasteiger partial charge in [0.1, 0.15) is 0 Å². The highest BCUT2D eigenvalue weighted by atomic mass is 16.3. The summed E-state index contributed by atoms with van der Waals surface area (Å²) < 4.78 is 0. The molecule has 0 heterocycles. The topological polar surface area (TPSA) is 69.6 Å². The van der Waals surface area contributed by atoms with Gasteiger partial charge in [-0.3, -0.25) is 4.79 Å². The quantitative estimate of drug-likeness (QED) is 0.0420.